The topological polar surface area (TPSA) is 76.1 Å². The van der Waals surface area contributed by atoms with Gasteiger partial charge in [0.15, 0.2) is 6.61 Å². The van der Waals surface area contributed by atoms with Crippen LogP contribution in [0, 0.1) is 5.41 Å². The quantitative estimate of drug-likeness (QED) is 0.861. The number of aromatic nitrogens is 2. The molecule has 0 aliphatic heterocycles. The van der Waals surface area contributed by atoms with Gasteiger partial charge in [0, 0.05) is 12.1 Å². The van der Waals surface area contributed by atoms with Crippen LogP contribution in [0.2, 0.25) is 0 Å². The molecule has 2 aliphatic carbocycles. The molecular formula is C15H19F3N4O2. The molecule has 6 nitrogen and oxygen atoms in total. The number of carbonyl (C=O) groups excluding carboxylic acids is 1. The normalized spacial score (nSPS) is 20.2. The lowest BCUT2D eigenvalue weighted by atomic mass is 9.77. The summed E-state index contributed by atoms with van der Waals surface area (Å²) >= 11 is 0. The highest BCUT2D eigenvalue weighted by molar-refractivity contribution is 5.74. The van der Waals surface area contributed by atoms with E-state index in [9.17, 15) is 18.0 Å². The molecule has 2 fully saturated rings. The fourth-order valence-electron chi connectivity index (χ4n) is 3.00. The number of ether oxygens (including phenoxy) is 1. The monoisotopic (exact) mass is 344 g/mol. The van der Waals surface area contributed by atoms with Crippen molar-refractivity contribution in [2.45, 2.75) is 50.9 Å². The average Bonchev–Trinajstić information content (AvgIpc) is 3.25. The zero-order valence-corrected chi connectivity index (χ0v) is 13.2. The second kappa shape index (κ2) is 6.10. The number of halogens is 3. The number of nitrogens with zero attached hydrogens (tertiary/aromatic N) is 2. The van der Waals surface area contributed by atoms with Gasteiger partial charge < -0.3 is 15.4 Å². The number of hydrogen-bond donors (Lipinski definition) is 2. The maximum atomic E-state index is 12.2. The van der Waals surface area contributed by atoms with Crippen LogP contribution >= 0.6 is 0 Å². The van der Waals surface area contributed by atoms with E-state index in [1.54, 1.807) is 6.92 Å². The third-order valence-electron chi connectivity index (χ3n) is 4.49. The van der Waals surface area contributed by atoms with Crippen molar-refractivity contribution in [3.8, 4) is 5.88 Å². The van der Waals surface area contributed by atoms with Crippen LogP contribution in [0.5, 0.6) is 5.88 Å². The molecule has 1 atom stereocenters. The van der Waals surface area contributed by atoms with Gasteiger partial charge in [0.2, 0.25) is 5.88 Å². The number of carbonyl (C=O) groups is 1. The molecular weight excluding hydrogens is 325 g/mol. The highest BCUT2D eigenvalue weighted by Gasteiger charge is 2.53. The van der Waals surface area contributed by atoms with Crippen molar-refractivity contribution in [3.05, 3.63) is 18.1 Å². The van der Waals surface area contributed by atoms with Crippen LogP contribution in [0.25, 0.3) is 0 Å². The van der Waals surface area contributed by atoms with Crippen LogP contribution in [0.1, 0.15) is 44.3 Å². The van der Waals surface area contributed by atoms with E-state index >= 15 is 0 Å². The first kappa shape index (κ1) is 16.8. The summed E-state index contributed by atoms with van der Waals surface area (Å²) in [5.41, 5.74) is 0.880. The molecule has 3 rings (SSSR count). The van der Waals surface area contributed by atoms with Gasteiger partial charge in [-0.1, -0.05) is 0 Å². The van der Waals surface area contributed by atoms with Crippen LogP contribution in [-0.4, -0.2) is 34.8 Å². The molecule has 2 saturated carbocycles. The molecule has 1 aromatic rings. The van der Waals surface area contributed by atoms with Crippen molar-refractivity contribution in [1.29, 1.82) is 0 Å². The van der Waals surface area contributed by atoms with Gasteiger partial charge in [-0.15, -0.1) is 0 Å². The van der Waals surface area contributed by atoms with Gasteiger partial charge in [0.1, 0.15) is 6.33 Å². The van der Waals surface area contributed by atoms with Crippen molar-refractivity contribution in [3.63, 3.8) is 0 Å². The predicted molar refractivity (Wildman–Crippen MR) is 78.4 cm³/mol. The third-order valence-corrected chi connectivity index (χ3v) is 4.49. The maximum Gasteiger partial charge on any atom is 0.422 e. The number of hydrogen-bond acceptors (Lipinski definition) is 4. The summed E-state index contributed by atoms with van der Waals surface area (Å²) in [4.78, 5) is 19.6. The number of urea groups is 1. The fourth-order valence-corrected chi connectivity index (χ4v) is 3.00. The average molecular weight is 344 g/mol. The van der Waals surface area contributed by atoms with Gasteiger partial charge in [-0.3, -0.25) is 0 Å². The first-order valence-electron chi connectivity index (χ1n) is 7.83. The Morgan fingerprint density at radius 1 is 1.42 bits per heavy atom. The minimum atomic E-state index is -4.43. The lowest BCUT2D eigenvalue weighted by Gasteiger charge is -2.36. The van der Waals surface area contributed by atoms with Crippen LogP contribution in [0.3, 0.4) is 0 Å². The molecule has 1 heterocycles. The first-order valence-corrected chi connectivity index (χ1v) is 7.83. The molecule has 0 radical (unpaired) electrons. The molecule has 2 N–H and O–H groups in total. The minimum absolute atomic E-state index is 0.180. The molecule has 2 amide bonds. The van der Waals surface area contributed by atoms with Gasteiger partial charge in [-0.25, -0.2) is 14.8 Å². The Morgan fingerprint density at radius 2 is 2.12 bits per heavy atom. The van der Waals surface area contributed by atoms with E-state index in [0.717, 1.165) is 19.2 Å². The number of nitrogens with one attached hydrogen (secondary N) is 2. The molecule has 1 unspecified atom stereocenters. The van der Waals surface area contributed by atoms with Crippen LogP contribution in [0.15, 0.2) is 12.4 Å². The largest absolute Gasteiger partial charge is 0.468 e. The maximum absolute atomic E-state index is 12.2. The van der Waals surface area contributed by atoms with Gasteiger partial charge in [0.25, 0.3) is 0 Å². The highest BCUT2D eigenvalue weighted by Crippen LogP contribution is 2.60. The lowest BCUT2D eigenvalue weighted by molar-refractivity contribution is -0.154. The van der Waals surface area contributed by atoms with Crippen LogP contribution in [-0.2, 0) is 0 Å². The Bertz CT molecular complexity index is 611. The minimum Gasteiger partial charge on any atom is -0.468 e. The van der Waals surface area contributed by atoms with E-state index < -0.39 is 18.8 Å². The predicted octanol–water partition coefficient (Wildman–Crippen LogP) is 2.72. The zero-order chi connectivity index (χ0) is 17.4. The molecule has 1 aromatic heterocycles. The van der Waals surface area contributed by atoms with Crippen molar-refractivity contribution in [2.24, 2.45) is 5.41 Å². The molecule has 24 heavy (non-hydrogen) atoms. The Kier molecular flexibility index (Phi) is 4.27. The Balaban J connectivity index is 1.48. The molecule has 0 aromatic carbocycles. The number of alkyl halides is 3. The molecule has 132 valence electrons. The van der Waals surface area contributed by atoms with Gasteiger partial charge in [0.05, 0.1) is 11.7 Å². The van der Waals surface area contributed by atoms with E-state index in [0.29, 0.717) is 11.1 Å². The lowest BCUT2D eigenvalue weighted by Crippen LogP contribution is -2.49. The van der Waals surface area contributed by atoms with E-state index in [-0.39, 0.29) is 18.0 Å². The van der Waals surface area contributed by atoms with Crippen molar-refractivity contribution >= 4 is 6.03 Å². The van der Waals surface area contributed by atoms with Crippen molar-refractivity contribution in [1.82, 2.24) is 20.6 Å². The molecule has 2 aliphatic rings. The summed E-state index contributed by atoms with van der Waals surface area (Å²) in [7, 11) is 0. The third kappa shape index (κ3) is 4.27. The van der Waals surface area contributed by atoms with E-state index in [1.165, 1.54) is 18.9 Å². The zero-order valence-electron chi connectivity index (χ0n) is 13.2. The fraction of sp³-hybridized carbons (Fsp3) is 0.667. The Morgan fingerprint density at radius 3 is 2.75 bits per heavy atom. The molecule has 9 heteroatoms. The van der Waals surface area contributed by atoms with Crippen molar-refractivity contribution in [2.75, 3.05) is 6.61 Å². The Labute approximate surface area is 137 Å². The second-order valence-electron chi connectivity index (χ2n) is 6.63. The molecule has 0 bridgehead atoms. The molecule has 0 saturated heterocycles. The standard InChI is InChI=1S/C15H19F3N4O2/c1-9(21-13(23)22-10-5-14(6-10)2-3-14)11-4-12(20-8-19-11)24-7-15(16,17)18/h4,8-10H,2-3,5-7H2,1H3,(H2,21,22,23). The van der Waals surface area contributed by atoms with Crippen LogP contribution in [0.4, 0.5) is 18.0 Å². The summed E-state index contributed by atoms with van der Waals surface area (Å²) in [6, 6.07) is 0.713. The van der Waals surface area contributed by atoms with E-state index in [2.05, 4.69) is 25.3 Å². The summed E-state index contributed by atoms with van der Waals surface area (Å²) in [6.07, 6.45) is 1.24. The smallest absolute Gasteiger partial charge is 0.422 e. The second-order valence-corrected chi connectivity index (χ2v) is 6.63. The summed E-state index contributed by atoms with van der Waals surface area (Å²) in [6.45, 7) is 0.272. The molecule has 1 spiro atoms. The van der Waals surface area contributed by atoms with Crippen molar-refractivity contribution < 1.29 is 22.7 Å². The SMILES string of the molecule is CC(NC(=O)NC1CC2(CC2)C1)c1cc(OCC(F)(F)F)ncn1. The highest BCUT2D eigenvalue weighted by atomic mass is 19.4. The number of amides is 2. The summed E-state index contributed by atoms with van der Waals surface area (Å²) in [5, 5.41) is 5.62. The number of rotatable bonds is 5. The van der Waals surface area contributed by atoms with E-state index in [1.807, 2.05) is 0 Å². The van der Waals surface area contributed by atoms with E-state index in [4.69, 9.17) is 0 Å². The van der Waals surface area contributed by atoms with Gasteiger partial charge >= 0.3 is 12.2 Å². The Hall–Kier alpha value is -2.06. The summed E-state index contributed by atoms with van der Waals surface area (Å²) < 4.78 is 41.1. The first-order chi connectivity index (χ1) is 11.2. The van der Waals surface area contributed by atoms with Crippen LogP contribution < -0.4 is 15.4 Å². The van der Waals surface area contributed by atoms with Gasteiger partial charge in [-0.2, -0.15) is 13.2 Å². The summed E-state index contributed by atoms with van der Waals surface area (Å²) in [5.74, 6) is -0.180. The van der Waals surface area contributed by atoms with Gasteiger partial charge in [-0.05, 0) is 38.0 Å².